The lowest BCUT2D eigenvalue weighted by Crippen LogP contribution is -2.18. The number of hydrogen-bond donors (Lipinski definition) is 1. The van der Waals surface area contributed by atoms with E-state index in [-0.39, 0.29) is 11.9 Å². The number of fused-ring (bicyclic) bond motifs is 5. The first-order chi connectivity index (χ1) is 22.9. The zero-order valence-electron chi connectivity index (χ0n) is 27.0. The summed E-state index contributed by atoms with van der Waals surface area (Å²) in [5, 5.41) is 20.0. The van der Waals surface area contributed by atoms with E-state index in [2.05, 4.69) is 47.0 Å². The summed E-state index contributed by atoms with van der Waals surface area (Å²) < 4.78 is 13.4. The minimum atomic E-state index is -0.0920. The van der Waals surface area contributed by atoms with Gasteiger partial charge in [-0.15, -0.1) is 0 Å². The largest absolute Gasteiger partial charge is 0.488 e. The SMILES string of the molecule is CCn1c2ccc(C(=O)c3c4ccccc4cc4ccccc34)cc2c2cc(/C(=N\O)c3ccc(OC(C)COC)cc3C)ccc21. The van der Waals surface area contributed by atoms with E-state index in [0.29, 0.717) is 23.4 Å². The highest BCUT2D eigenvalue weighted by Gasteiger charge is 2.20. The van der Waals surface area contributed by atoms with Crippen molar-refractivity contribution in [3.05, 3.63) is 137 Å². The first kappa shape index (κ1) is 30.2. The Balaban J connectivity index is 1.34. The van der Waals surface area contributed by atoms with Gasteiger partial charge in [-0.1, -0.05) is 59.8 Å². The number of benzene rings is 6. The van der Waals surface area contributed by atoms with Gasteiger partial charge >= 0.3 is 0 Å². The van der Waals surface area contributed by atoms with Crippen LogP contribution in [-0.4, -0.2) is 41.1 Å². The molecule has 7 aromatic rings. The van der Waals surface area contributed by atoms with Crippen LogP contribution in [-0.2, 0) is 11.3 Å². The van der Waals surface area contributed by atoms with Gasteiger partial charge in [0.2, 0.25) is 0 Å². The third kappa shape index (κ3) is 5.30. The summed E-state index contributed by atoms with van der Waals surface area (Å²) in [5.74, 6) is 0.717. The minimum Gasteiger partial charge on any atom is -0.488 e. The number of rotatable bonds is 9. The minimum absolute atomic E-state index is 0.0104. The second kappa shape index (κ2) is 12.4. The van der Waals surface area contributed by atoms with Gasteiger partial charge in [0, 0.05) is 57.7 Å². The normalized spacial score (nSPS) is 12.7. The van der Waals surface area contributed by atoms with Crippen molar-refractivity contribution in [1.29, 1.82) is 0 Å². The van der Waals surface area contributed by atoms with E-state index >= 15 is 0 Å². The average Bonchev–Trinajstić information content (AvgIpc) is 3.40. The van der Waals surface area contributed by atoms with E-state index in [1.54, 1.807) is 7.11 Å². The fraction of sp³-hybridized carbons (Fsp3) is 0.171. The maximum atomic E-state index is 14.4. The van der Waals surface area contributed by atoms with Gasteiger partial charge < -0.3 is 19.2 Å². The third-order valence-electron chi connectivity index (χ3n) is 9.01. The zero-order valence-corrected chi connectivity index (χ0v) is 27.0. The Morgan fingerprint density at radius 2 is 1.40 bits per heavy atom. The van der Waals surface area contributed by atoms with Gasteiger partial charge in [0.25, 0.3) is 0 Å². The van der Waals surface area contributed by atoms with Crippen LogP contribution in [0.25, 0.3) is 43.4 Å². The maximum absolute atomic E-state index is 14.4. The molecule has 6 heteroatoms. The lowest BCUT2D eigenvalue weighted by Gasteiger charge is -2.16. The molecule has 0 amide bonds. The number of nitrogens with zero attached hydrogens (tertiary/aromatic N) is 2. The van der Waals surface area contributed by atoms with Crippen molar-refractivity contribution in [3.8, 4) is 5.75 Å². The quantitative estimate of drug-likeness (QED) is 0.0574. The molecule has 1 unspecified atom stereocenters. The monoisotopic (exact) mass is 620 g/mol. The molecule has 1 heterocycles. The number of carbonyl (C=O) groups is 1. The van der Waals surface area contributed by atoms with Crippen molar-refractivity contribution in [2.45, 2.75) is 33.4 Å². The molecule has 1 atom stereocenters. The smallest absolute Gasteiger partial charge is 0.194 e. The maximum Gasteiger partial charge on any atom is 0.194 e. The number of oxime groups is 1. The topological polar surface area (TPSA) is 73.1 Å². The molecule has 6 nitrogen and oxygen atoms in total. The second-order valence-corrected chi connectivity index (χ2v) is 12.0. The summed E-state index contributed by atoms with van der Waals surface area (Å²) in [5.41, 5.74) is 6.41. The van der Waals surface area contributed by atoms with Crippen molar-refractivity contribution in [2.24, 2.45) is 5.16 Å². The van der Waals surface area contributed by atoms with Crippen molar-refractivity contribution in [2.75, 3.05) is 13.7 Å². The zero-order chi connectivity index (χ0) is 32.7. The Labute approximate surface area is 273 Å². The lowest BCUT2D eigenvalue weighted by atomic mass is 9.91. The van der Waals surface area contributed by atoms with Crippen LogP contribution >= 0.6 is 0 Å². The molecule has 47 heavy (non-hydrogen) atoms. The van der Waals surface area contributed by atoms with Gasteiger partial charge in [-0.3, -0.25) is 4.79 Å². The van der Waals surface area contributed by atoms with Gasteiger partial charge in [-0.05, 0) is 102 Å². The highest BCUT2D eigenvalue weighted by Crippen LogP contribution is 2.35. The van der Waals surface area contributed by atoms with Crippen LogP contribution in [0.15, 0.2) is 114 Å². The van der Waals surface area contributed by atoms with E-state index in [1.165, 1.54) is 0 Å². The van der Waals surface area contributed by atoms with Crippen molar-refractivity contribution < 1.29 is 19.5 Å². The Morgan fingerprint density at radius 1 is 0.787 bits per heavy atom. The summed E-state index contributed by atoms with van der Waals surface area (Å²) in [4.78, 5) is 14.4. The van der Waals surface area contributed by atoms with Gasteiger partial charge in [0.1, 0.15) is 17.6 Å². The van der Waals surface area contributed by atoms with Gasteiger partial charge in [0.15, 0.2) is 5.78 Å². The number of carbonyl (C=O) groups excluding carboxylic acids is 1. The van der Waals surface area contributed by atoms with Crippen LogP contribution in [0.2, 0.25) is 0 Å². The Morgan fingerprint density at radius 3 is 2.00 bits per heavy atom. The van der Waals surface area contributed by atoms with Crippen molar-refractivity contribution >= 4 is 54.8 Å². The van der Waals surface area contributed by atoms with Gasteiger partial charge in [-0.2, -0.15) is 0 Å². The second-order valence-electron chi connectivity index (χ2n) is 12.0. The van der Waals surface area contributed by atoms with E-state index < -0.39 is 0 Å². The fourth-order valence-electron chi connectivity index (χ4n) is 6.88. The fourth-order valence-corrected chi connectivity index (χ4v) is 6.88. The molecule has 1 aromatic heterocycles. The lowest BCUT2D eigenvalue weighted by molar-refractivity contribution is 0.0920. The molecule has 0 aliphatic rings. The van der Waals surface area contributed by atoms with E-state index in [1.807, 2.05) is 92.7 Å². The molecule has 0 spiro atoms. The average molecular weight is 621 g/mol. The summed E-state index contributed by atoms with van der Waals surface area (Å²) >= 11 is 0. The number of ether oxygens (including phenoxy) is 2. The predicted molar refractivity (Wildman–Crippen MR) is 191 cm³/mol. The van der Waals surface area contributed by atoms with Gasteiger partial charge in [0.05, 0.1) is 6.61 Å². The summed E-state index contributed by atoms with van der Waals surface area (Å²) in [6.07, 6.45) is -0.0920. The van der Waals surface area contributed by atoms with E-state index in [0.717, 1.165) is 72.3 Å². The summed E-state index contributed by atoms with van der Waals surface area (Å²) in [6, 6.07) is 36.2. The molecule has 6 aromatic carbocycles. The van der Waals surface area contributed by atoms with Crippen LogP contribution in [0.1, 0.15) is 46.5 Å². The highest BCUT2D eigenvalue weighted by atomic mass is 16.5. The standard InChI is InChI=1S/C41H36N2O4/c1-5-43-37-18-14-29(40(42-45)32-17-16-31(20-25(32)2)47-26(3)24-46-4)22-35(37)36-23-30(15-19-38(36)43)41(44)39-33-12-8-6-10-27(33)21-28-11-7-9-13-34(28)39/h6-23,26,45H,5,24H2,1-4H3/b42-40+. The first-order valence-electron chi connectivity index (χ1n) is 15.9. The third-order valence-corrected chi connectivity index (χ3v) is 9.01. The molecule has 0 fully saturated rings. The molecule has 0 aliphatic heterocycles. The molecule has 0 bridgehead atoms. The van der Waals surface area contributed by atoms with Crippen molar-refractivity contribution in [1.82, 2.24) is 4.57 Å². The Bertz CT molecular complexity index is 2300. The Kier molecular flexibility index (Phi) is 7.96. The van der Waals surface area contributed by atoms with Crippen molar-refractivity contribution in [3.63, 3.8) is 0 Å². The van der Waals surface area contributed by atoms with Crippen LogP contribution in [0.5, 0.6) is 5.75 Å². The molecule has 0 saturated carbocycles. The first-order valence-corrected chi connectivity index (χ1v) is 15.9. The van der Waals surface area contributed by atoms with Gasteiger partial charge in [-0.25, -0.2) is 0 Å². The van der Waals surface area contributed by atoms with E-state index in [4.69, 9.17) is 9.47 Å². The number of ketones is 1. The molecular weight excluding hydrogens is 584 g/mol. The van der Waals surface area contributed by atoms with Crippen LogP contribution < -0.4 is 4.74 Å². The molecule has 1 N–H and O–H groups in total. The number of aryl methyl sites for hydroxylation is 2. The molecule has 0 aliphatic carbocycles. The molecule has 0 radical (unpaired) electrons. The predicted octanol–water partition coefficient (Wildman–Crippen LogP) is 9.30. The number of aromatic nitrogens is 1. The highest BCUT2D eigenvalue weighted by molar-refractivity contribution is 6.26. The number of hydrogen-bond acceptors (Lipinski definition) is 5. The molecular formula is C41H36N2O4. The number of methoxy groups -OCH3 is 1. The van der Waals surface area contributed by atoms with Crippen LogP contribution in [0.3, 0.4) is 0 Å². The summed E-state index contributed by atoms with van der Waals surface area (Å²) in [7, 11) is 1.65. The van der Waals surface area contributed by atoms with E-state index in [9.17, 15) is 10.0 Å². The summed E-state index contributed by atoms with van der Waals surface area (Å²) in [6.45, 7) is 7.31. The molecule has 0 saturated heterocycles. The molecule has 234 valence electrons. The van der Waals surface area contributed by atoms with Crippen LogP contribution in [0, 0.1) is 6.92 Å². The molecule has 7 rings (SSSR count). The Hall–Kier alpha value is -5.46. The van der Waals surface area contributed by atoms with Crippen LogP contribution in [0.4, 0.5) is 0 Å².